The summed E-state index contributed by atoms with van der Waals surface area (Å²) in [6, 6.07) is 10.4. The summed E-state index contributed by atoms with van der Waals surface area (Å²) in [5.74, 6) is 0. The maximum absolute atomic E-state index is 4.43. The molecule has 2 radical (unpaired) electrons. The van der Waals surface area contributed by atoms with E-state index in [1.807, 2.05) is 54.0 Å². The molecule has 0 amide bonds. The molecule has 1 aromatic heterocycles. The number of rotatable bonds is 5. The topological polar surface area (TPSA) is 30.7 Å². The van der Waals surface area contributed by atoms with E-state index < -0.39 is 8.07 Å². The van der Waals surface area contributed by atoms with Crippen molar-refractivity contribution in [2.24, 2.45) is 0 Å². The first-order valence-electron chi connectivity index (χ1n) is 9.58. The van der Waals surface area contributed by atoms with Gasteiger partial charge in [0.05, 0.1) is 20.3 Å². The maximum atomic E-state index is 4.43. The summed E-state index contributed by atoms with van der Waals surface area (Å²) in [7, 11) is -1.29. The molecule has 3 nitrogen and oxygen atoms in total. The second kappa shape index (κ2) is 11.1. The molecule has 2 aliphatic rings. The van der Waals surface area contributed by atoms with Gasteiger partial charge in [-0.25, -0.2) is 4.68 Å². The summed E-state index contributed by atoms with van der Waals surface area (Å²) in [5, 5.41) is 8.83. The van der Waals surface area contributed by atoms with Crippen LogP contribution in [0.2, 0.25) is 19.6 Å². The molecular weight excluding hydrogens is 414 g/mol. The Morgan fingerprint density at radius 1 is 0.931 bits per heavy atom. The Morgan fingerprint density at radius 2 is 1.66 bits per heavy atom. The predicted molar refractivity (Wildman–Crippen MR) is 122 cm³/mol. The summed E-state index contributed by atoms with van der Waals surface area (Å²) in [5.41, 5.74) is 6.75. The van der Waals surface area contributed by atoms with E-state index >= 15 is 0 Å². The Morgan fingerprint density at radius 3 is 2.21 bits per heavy atom. The van der Waals surface area contributed by atoms with Crippen molar-refractivity contribution in [1.29, 1.82) is 0 Å². The summed E-state index contributed by atoms with van der Waals surface area (Å²) >= 11 is 0. The fraction of sp³-hybridized carbons (Fsp3) is 0.167. The number of nitrogens with zero attached hydrogens (tertiary/aromatic N) is 3. The first-order valence-corrected chi connectivity index (χ1v) is 13.2. The van der Waals surface area contributed by atoms with Crippen LogP contribution in [0.15, 0.2) is 78.6 Å². The minimum atomic E-state index is -1.29. The van der Waals surface area contributed by atoms with Crippen molar-refractivity contribution < 1.29 is 17.1 Å². The van der Waals surface area contributed by atoms with Crippen LogP contribution in [0.3, 0.4) is 0 Å². The molecule has 1 aromatic carbocycles. The first-order chi connectivity index (χ1) is 13.5. The number of allylic oxidation sites excluding steroid dienone is 8. The van der Waals surface area contributed by atoms with Gasteiger partial charge >= 0.3 is 0 Å². The van der Waals surface area contributed by atoms with E-state index in [2.05, 4.69) is 78.1 Å². The molecule has 2 aromatic rings. The number of benzene rings is 1. The Labute approximate surface area is 186 Å². The molecule has 29 heavy (non-hydrogen) atoms. The van der Waals surface area contributed by atoms with Crippen LogP contribution in [-0.2, 0) is 23.6 Å². The normalized spacial score (nSPS) is 14.7. The van der Waals surface area contributed by atoms with Crippen LogP contribution in [0.25, 0.3) is 11.6 Å². The first kappa shape index (κ1) is 23.1. The van der Waals surface area contributed by atoms with Gasteiger partial charge in [-0.05, 0) is 11.6 Å². The van der Waals surface area contributed by atoms with Crippen LogP contribution >= 0.6 is 0 Å². The molecule has 0 bridgehead atoms. The zero-order chi connectivity index (χ0) is 19.8. The zero-order valence-corrected chi connectivity index (χ0v) is 19.2. The molecule has 0 saturated carbocycles. The van der Waals surface area contributed by atoms with E-state index in [9.17, 15) is 0 Å². The minimum Gasteiger partial charge on any atom is -0.240 e. The van der Waals surface area contributed by atoms with Crippen LogP contribution in [-0.4, -0.2) is 23.1 Å². The Bertz CT molecular complexity index is 919. The van der Waals surface area contributed by atoms with Gasteiger partial charge in [-0.15, -0.1) is 5.10 Å². The molecular formula is C24H27FeN3Si. The van der Waals surface area contributed by atoms with Gasteiger partial charge in [-0.3, -0.25) is 0 Å². The standard InChI is InChI=1S/C19H22N3Si.C5H5.Fe/c1-23(2,3)14-13-18-19(17-11-7-8-12-17)20-21-22(18)15-16-9-5-4-6-10-16;1-2-4-5-3-1;/h4-14H,15H2,1-3H3;1-5H;/b14-13+;;. The van der Waals surface area contributed by atoms with Crippen LogP contribution in [0.5, 0.6) is 0 Å². The van der Waals surface area contributed by atoms with Gasteiger partial charge in [0.2, 0.25) is 0 Å². The Balaban J connectivity index is 0.000000437. The summed E-state index contributed by atoms with van der Waals surface area (Å²) in [6.07, 6.45) is 20.5. The number of hydrogen-bond donors (Lipinski definition) is 0. The molecule has 2 aliphatic carbocycles. The van der Waals surface area contributed by atoms with E-state index in [0.717, 1.165) is 23.5 Å². The average molecular weight is 441 g/mol. The van der Waals surface area contributed by atoms with Gasteiger partial charge in [0, 0.05) is 35.5 Å². The average Bonchev–Trinajstić information content (AvgIpc) is 3.43. The molecule has 5 heteroatoms. The van der Waals surface area contributed by atoms with Gasteiger partial charge in [-0.2, -0.15) is 0 Å². The van der Waals surface area contributed by atoms with Gasteiger partial charge < -0.3 is 0 Å². The Kier molecular flexibility index (Phi) is 8.84. The van der Waals surface area contributed by atoms with Crippen molar-refractivity contribution in [1.82, 2.24) is 15.0 Å². The smallest absolute Gasteiger partial charge is 0.120 e. The number of aromatic nitrogens is 3. The second-order valence-corrected chi connectivity index (χ2v) is 12.9. The van der Waals surface area contributed by atoms with Crippen molar-refractivity contribution in [2.75, 3.05) is 0 Å². The largest absolute Gasteiger partial charge is 0.240 e. The van der Waals surface area contributed by atoms with Crippen molar-refractivity contribution >= 4 is 19.7 Å². The SMILES string of the molecule is C[Si](C)(C)/C=C/c1c(C2=C[CH]C=C2)nnn1Cc1ccccc1.[CH]1C=CC=C1.[Fe]. The fourth-order valence-corrected chi connectivity index (χ4v) is 3.40. The van der Waals surface area contributed by atoms with Gasteiger partial charge in [-0.1, -0.05) is 103 Å². The minimum absolute atomic E-state index is 0. The predicted octanol–water partition coefficient (Wildman–Crippen LogP) is 5.69. The van der Waals surface area contributed by atoms with E-state index in [1.165, 1.54) is 5.56 Å². The van der Waals surface area contributed by atoms with Gasteiger partial charge in [0.25, 0.3) is 0 Å². The molecule has 4 rings (SSSR count). The molecule has 0 aliphatic heterocycles. The summed E-state index contributed by atoms with van der Waals surface area (Å²) < 4.78 is 1.99. The summed E-state index contributed by atoms with van der Waals surface area (Å²) in [4.78, 5) is 0. The van der Waals surface area contributed by atoms with Gasteiger partial charge in [0.15, 0.2) is 0 Å². The third-order valence-corrected chi connectivity index (χ3v) is 5.35. The summed E-state index contributed by atoms with van der Waals surface area (Å²) in [6.45, 7) is 7.73. The fourth-order valence-electron chi connectivity index (χ4n) is 2.75. The van der Waals surface area contributed by atoms with E-state index in [1.54, 1.807) is 0 Å². The third kappa shape index (κ3) is 7.28. The van der Waals surface area contributed by atoms with Crippen LogP contribution < -0.4 is 0 Å². The van der Waals surface area contributed by atoms with Crippen molar-refractivity contribution in [2.45, 2.75) is 26.2 Å². The monoisotopic (exact) mass is 441 g/mol. The van der Waals surface area contributed by atoms with Crippen molar-refractivity contribution in [3.05, 3.63) is 108 Å². The molecule has 0 unspecified atom stereocenters. The van der Waals surface area contributed by atoms with Gasteiger partial charge in [0.1, 0.15) is 5.69 Å². The molecule has 1 heterocycles. The molecule has 0 fully saturated rings. The van der Waals surface area contributed by atoms with Crippen molar-refractivity contribution in [3.8, 4) is 0 Å². The Hall–Kier alpha value is -2.20. The molecule has 0 saturated heterocycles. The van der Waals surface area contributed by atoms with E-state index in [-0.39, 0.29) is 17.1 Å². The molecule has 0 atom stereocenters. The zero-order valence-electron chi connectivity index (χ0n) is 17.1. The second-order valence-electron chi connectivity index (χ2n) is 7.80. The molecule has 0 N–H and O–H groups in total. The number of hydrogen-bond acceptors (Lipinski definition) is 2. The van der Waals surface area contributed by atoms with E-state index in [4.69, 9.17) is 0 Å². The maximum Gasteiger partial charge on any atom is 0.120 e. The van der Waals surface area contributed by atoms with Crippen LogP contribution in [0.4, 0.5) is 0 Å². The third-order valence-electron chi connectivity index (χ3n) is 4.18. The van der Waals surface area contributed by atoms with E-state index in [0.29, 0.717) is 0 Å². The van der Waals surface area contributed by atoms with Crippen LogP contribution in [0.1, 0.15) is 17.0 Å². The van der Waals surface area contributed by atoms with Crippen molar-refractivity contribution in [3.63, 3.8) is 0 Å². The molecule has 150 valence electrons. The quantitative estimate of drug-likeness (QED) is 0.559. The van der Waals surface area contributed by atoms with Crippen LogP contribution in [0, 0.1) is 12.8 Å². The molecule has 0 spiro atoms.